The molecular weight excluding hydrogens is 234 g/mol. The van der Waals surface area contributed by atoms with Crippen molar-refractivity contribution in [3.63, 3.8) is 0 Å². The Morgan fingerprint density at radius 2 is 2.05 bits per heavy atom. The Kier molecular flexibility index (Phi) is 3.01. The van der Waals surface area contributed by atoms with E-state index in [-0.39, 0.29) is 5.54 Å². The van der Waals surface area contributed by atoms with E-state index in [1.807, 2.05) is 17.9 Å². The zero-order valence-corrected chi connectivity index (χ0v) is 12.7. The van der Waals surface area contributed by atoms with E-state index in [1.54, 1.807) is 0 Å². The standard InChI is InChI=1S/C16H27N3/c1-15(2,3)17-11-16(7-13-5-14(13)8-16)6-12-9-18-19(4)10-12/h9-10,13-14,17H,5-8,11H2,1-4H3. The number of nitrogens with zero attached hydrogens (tertiary/aromatic N) is 2. The molecule has 0 amide bonds. The maximum absolute atomic E-state index is 4.33. The number of hydrogen-bond donors (Lipinski definition) is 1. The minimum Gasteiger partial charge on any atom is -0.312 e. The first kappa shape index (κ1) is 13.2. The molecule has 2 atom stereocenters. The summed E-state index contributed by atoms with van der Waals surface area (Å²) in [5, 5.41) is 8.07. The minimum absolute atomic E-state index is 0.217. The zero-order valence-electron chi connectivity index (χ0n) is 12.7. The Balaban J connectivity index is 1.70. The third-order valence-electron chi connectivity index (χ3n) is 4.79. The van der Waals surface area contributed by atoms with Crippen molar-refractivity contribution in [1.82, 2.24) is 15.1 Å². The molecule has 2 aliphatic rings. The Hall–Kier alpha value is -0.830. The van der Waals surface area contributed by atoms with Gasteiger partial charge in [0, 0.05) is 25.3 Å². The van der Waals surface area contributed by atoms with Crippen LogP contribution in [0.25, 0.3) is 0 Å². The van der Waals surface area contributed by atoms with Crippen molar-refractivity contribution in [2.24, 2.45) is 24.3 Å². The second-order valence-corrected chi connectivity index (χ2v) is 7.97. The summed E-state index contributed by atoms with van der Waals surface area (Å²) < 4.78 is 1.93. The van der Waals surface area contributed by atoms with Gasteiger partial charge in [-0.3, -0.25) is 4.68 Å². The van der Waals surface area contributed by atoms with Gasteiger partial charge in [0.1, 0.15) is 0 Å². The largest absolute Gasteiger partial charge is 0.312 e. The lowest BCUT2D eigenvalue weighted by atomic mass is 9.77. The molecule has 1 heterocycles. The molecule has 3 nitrogen and oxygen atoms in total. The second-order valence-electron chi connectivity index (χ2n) is 7.97. The highest BCUT2D eigenvalue weighted by molar-refractivity contribution is 5.13. The molecule has 3 rings (SSSR count). The predicted molar refractivity (Wildman–Crippen MR) is 77.9 cm³/mol. The van der Waals surface area contributed by atoms with Crippen molar-refractivity contribution in [2.45, 2.75) is 52.0 Å². The summed E-state index contributed by atoms with van der Waals surface area (Å²) in [4.78, 5) is 0. The highest BCUT2D eigenvalue weighted by atomic mass is 15.2. The van der Waals surface area contributed by atoms with Crippen LogP contribution in [0.15, 0.2) is 12.4 Å². The first-order valence-corrected chi connectivity index (χ1v) is 7.58. The molecule has 0 radical (unpaired) electrons. The zero-order chi connectivity index (χ0) is 13.7. The third kappa shape index (κ3) is 3.02. The molecular formula is C16H27N3. The molecule has 2 saturated carbocycles. The maximum atomic E-state index is 4.33. The molecule has 2 unspecified atom stereocenters. The van der Waals surface area contributed by atoms with Crippen LogP contribution in [0.4, 0.5) is 0 Å². The van der Waals surface area contributed by atoms with Crippen molar-refractivity contribution in [3.8, 4) is 0 Å². The number of aryl methyl sites for hydroxylation is 1. The lowest BCUT2D eigenvalue weighted by Crippen LogP contribution is -2.44. The average Bonchev–Trinajstić information content (AvgIpc) is 2.71. The van der Waals surface area contributed by atoms with Crippen molar-refractivity contribution in [2.75, 3.05) is 6.54 Å². The van der Waals surface area contributed by atoms with Gasteiger partial charge in [0.15, 0.2) is 0 Å². The smallest absolute Gasteiger partial charge is 0.0521 e. The van der Waals surface area contributed by atoms with Gasteiger partial charge >= 0.3 is 0 Å². The van der Waals surface area contributed by atoms with Gasteiger partial charge < -0.3 is 5.32 Å². The van der Waals surface area contributed by atoms with Gasteiger partial charge in [0.2, 0.25) is 0 Å². The van der Waals surface area contributed by atoms with E-state index in [0.29, 0.717) is 5.41 Å². The fourth-order valence-electron chi connectivity index (χ4n) is 3.81. The number of rotatable bonds is 4. The Bertz CT molecular complexity index is 445. The Morgan fingerprint density at radius 1 is 1.37 bits per heavy atom. The monoisotopic (exact) mass is 261 g/mol. The van der Waals surface area contributed by atoms with Crippen molar-refractivity contribution in [3.05, 3.63) is 18.0 Å². The normalized spacial score (nSPS) is 33.5. The minimum atomic E-state index is 0.217. The van der Waals surface area contributed by atoms with E-state index in [2.05, 4.69) is 37.4 Å². The van der Waals surface area contributed by atoms with E-state index in [1.165, 1.54) is 31.2 Å². The molecule has 0 bridgehead atoms. The van der Waals surface area contributed by atoms with Crippen LogP contribution in [0.1, 0.15) is 45.6 Å². The van der Waals surface area contributed by atoms with Gasteiger partial charge in [-0.05, 0) is 69.3 Å². The molecule has 2 aliphatic carbocycles. The summed E-state index contributed by atoms with van der Waals surface area (Å²) in [7, 11) is 2.01. The first-order valence-electron chi connectivity index (χ1n) is 7.58. The lowest BCUT2D eigenvalue weighted by molar-refractivity contribution is 0.222. The SMILES string of the molecule is Cn1cc(CC2(CNC(C)(C)C)CC3CC3C2)cn1. The van der Waals surface area contributed by atoms with Crippen LogP contribution < -0.4 is 5.32 Å². The summed E-state index contributed by atoms with van der Waals surface area (Å²) in [6.07, 6.45) is 9.73. The molecule has 0 aliphatic heterocycles. The third-order valence-corrected chi connectivity index (χ3v) is 4.79. The van der Waals surface area contributed by atoms with Crippen molar-refractivity contribution >= 4 is 0 Å². The highest BCUT2D eigenvalue weighted by Gasteiger charge is 2.53. The van der Waals surface area contributed by atoms with Crippen LogP contribution in [0.2, 0.25) is 0 Å². The van der Waals surface area contributed by atoms with Gasteiger partial charge in [-0.25, -0.2) is 0 Å². The van der Waals surface area contributed by atoms with Crippen LogP contribution in [-0.4, -0.2) is 21.9 Å². The molecule has 3 heteroatoms. The van der Waals surface area contributed by atoms with Crippen LogP contribution in [0.3, 0.4) is 0 Å². The average molecular weight is 261 g/mol. The fourth-order valence-corrected chi connectivity index (χ4v) is 3.81. The van der Waals surface area contributed by atoms with E-state index < -0.39 is 0 Å². The number of fused-ring (bicyclic) bond motifs is 1. The van der Waals surface area contributed by atoms with Gasteiger partial charge in [-0.1, -0.05) is 0 Å². The molecule has 19 heavy (non-hydrogen) atoms. The number of nitrogens with one attached hydrogen (secondary N) is 1. The first-order chi connectivity index (χ1) is 8.85. The van der Waals surface area contributed by atoms with Crippen molar-refractivity contribution in [1.29, 1.82) is 0 Å². The fraction of sp³-hybridized carbons (Fsp3) is 0.812. The lowest BCUT2D eigenvalue weighted by Gasteiger charge is -2.34. The van der Waals surface area contributed by atoms with Crippen molar-refractivity contribution < 1.29 is 0 Å². The van der Waals surface area contributed by atoms with Crippen LogP contribution in [0.5, 0.6) is 0 Å². The van der Waals surface area contributed by atoms with E-state index in [0.717, 1.165) is 18.4 Å². The van der Waals surface area contributed by atoms with Gasteiger partial charge in [0.05, 0.1) is 6.20 Å². The van der Waals surface area contributed by atoms with E-state index in [4.69, 9.17) is 0 Å². The summed E-state index contributed by atoms with van der Waals surface area (Å²) in [6, 6.07) is 0. The van der Waals surface area contributed by atoms with Crippen LogP contribution in [0, 0.1) is 17.3 Å². The molecule has 0 saturated heterocycles. The van der Waals surface area contributed by atoms with Crippen LogP contribution >= 0.6 is 0 Å². The topological polar surface area (TPSA) is 29.9 Å². The Morgan fingerprint density at radius 3 is 2.58 bits per heavy atom. The quantitative estimate of drug-likeness (QED) is 0.903. The van der Waals surface area contributed by atoms with E-state index >= 15 is 0 Å². The predicted octanol–water partition coefficient (Wildman–Crippen LogP) is 2.77. The molecule has 1 aromatic rings. The van der Waals surface area contributed by atoms with Gasteiger partial charge in [0.25, 0.3) is 0 Å². The molecule has 1 N–H and O–H groups in total. The summed E-state index contributed by atoms with van der Waals surface area (Å²) in [5.74, 6) is 2.05. The number of aromatic nitrogens is 2. The van der Waals surface area contributed by atoms with Gasteiger partial charge in [-0.15, -0.1) is 0 Å². The second kappa shape index (κ2) is 4.34. The van der Waals surface area contributed by atoms with Gasteiger partial charge in [-0.2, -0.15) is 5.10 Å². The Labute approximate surface area is 116 Å². The molecule has 0 aromatic carbocycles. The highest BCUT2D eigenvalue weighted by Crippen LogP contribution is 2.60. The maximum Gasteiger partial charge on any atom is 0.0521 e. The summed E-state index contributed by atoms with van der Waals surface area (Å²) in [5.41, 5.74) is 2.10. The number of hydrogen-bond acceptors (Lipinski definition) is 2. The molecule has 2 fully saturated rings. The summed E-state index contributed by atoms with van der Waals surface area (Å²) in [6.45, 7) is 7.94. The molecule has 106 valence electrons. The summed E-state index contributed by atoms with van der Waals surface area (Å²) >= 11 is 0. The molecule has 1 aromatic heterocycles. The van der Waals surface area contributed by atoms with Crippen LogP contribution in [-0.2, 0) is 13.5 Å². The van der Waals surface area contributed by atoms with E-state index in [9.17, 15) is 0 Å². The molecule has 0 spiro atoms.